The minimum absolute atomic E-state index is 0.0735. The van der Waals surface area contributed by atoms with E-state index < -0.39 is 11.2 Å². The summed E-state index contributed by atoms with van der Waals surface area (Å²) in [5, 5.41) is 3.72. The molecule has 4 aromatic rings. The Morgan fingerprint density at radius 2 is 1.79 bits per heavy atom. The third kappa shape index (κ3) is 4.38. The predicted molar refractivity (Wildman–Crippen MR) is 128 cm³/mol. The van der Waals surface area contributed by atoms with Crippen LogP contribution in [0.1, 0.15) is 28.9 Å². The molecule has 2 aromatic carbocycles. The van der Waals surface area contributed by atoms with Gasteiger partial charge in [-0.1, -0.05) is 23.7 Å². The smallest absolute Gasteiger partial charge is 0.334 e. The maximum absolute atomic E-state index is 13.1. The summed E-state index contributed by atoms with van der Waals surface area (Å²) in [5.41, 5.74) is 0.130. The van der Waals surface area contributed by atoms with Gasteiger partial charge < -0.3 is 19.8 Å². The van der Waals surface area contributed by atoms with Gasteiger partial charge in [-0.05, 0) is 55.0 Å². The van der Waals surface area contributed by atoms with Crippen LogP contribution >= 0.6 is 11.6 Å². The van der Waals surface area contributed by atoms with Gasteiger partial charge in [0.05, 0.1) is 31.2 Å². The van der Waals surface area contributed by atoms with E-state index in [-0.39, 0.29) is 34.5 Å². The van der Waals surface area contributed by atoms with Gasteiger partial charge in [0, 0.05) is 10.6 Å². The predicted octanol–water partition coefficient (Wildman–Crippen LogP) is 3.24. The molecule has 2 heterocycles. The van der Waals surface area contributed by atoms with Crippen LogP contribution in [0.2, 0.25) is 5.02 Å². The standard InChI is InChI=1S/C24H21ClN4O5/c1-13(14-4-7-16(25)8-5-14)26-21(30)15-6-9-17-18(12-15)27-24(32)29(23(17)31)20-11-10-19(33-2)22(28-20)34-3/h4-13H,1-3H3,(H,26,30)(H,27,32)/t13-/m0/s1. The lowest BCUT2D eigenvalue weighted by Gasteiger charge is -2.15. The number of amides is 1. The molecule has 9 nitrogen and oxygen atoms in total. The van der Waals surface area contributed by atoms with Crippen LogP contribution in [0.5, 0.6) is 11.6 Å². The van der Waals surface area contributed by atoms with E-state index in [1.165, 1.54) is 38.5 Å². The number of halogens is 1. The summed E-state index contributed by atoms with van der Waals surface area (Å²) < 4.78 is 11.2. The number of methoxy groups -OCH3 is 2. The molecule has 1 amide bonds. The molecule has 0 spiro atoms. The van der Waals surface area contributed by atoms with Crippen LogP contribution in [0.4, 0.5) is 0 Å². The summed E-state index contributed by atoms with van der Waals surface area (Å²) in [7, 11) is 2.86. The highest BCUT2D eigenvalue weighted by atomic mass is 35.5. The number of hydrogen-bond acceptors (Lipinski definition) is 6. The Balaban J connectivity index is 1.68. The summed E-state index contributed by atoms with van der Waals surface area (Å²) in [4.78, 5) is 45.5. The lowest BCUT2D eigenvalue weighted by Crippen LogP contribution is -2.34. The molecule has 1 atom stereocenters. The number of carbonyl (C=O) groups is 1. The summed E-state index contributed by atoms with van der Waals surface area (Å²) in [5.74, 6) is 0.216. The van der Waals surface area contributed by atoms with Gasteiger partial charge in [-0.2, -0.15) is 4.98 Å². The number of aromatic nitrogens is 3. The van der Waals surface area contributed by atoms with Crippen molar-refractivity contribution in [2.45, 2.75) is 13.0 Å². The highest BCUT2D eigenvalue weighted by Gasteiger charge is 2.16. The first-order valence-corrected chi connectivity index (χ1v) is 10.6. The number of benzene rings is 2. The van der Waals surface area contributed by atoms with Crippen molar-refractivity contribution in [1.29, 1.82) is 0 Å². The maximum atomic E-state index is 13.1. The SMILES string of the molecule is COc1ccc(-n2c(=O)[nH]c3cc(C(=O)N[C@@H](C)c4ccc(Cl)cc4)ccc3c2=O)nc1OC. The number of H-pyrrole nitrogens is 1. The van der Waals surface area contributed by atoms with Crippen LogP contribution in [0.25, 0.3) is 16.7 Å². The van der Waals surface area contributed by atoms with Crippen molar-refractivity contribution in [2.75, 3.05) is 14.2 Å². The molecule has 0 fully saturated rings. The monoisotopic (exact) mass is 480 g/mol. The lowest BCUT2D eigenvalue weighted by atomic mass is 10.1. The Morgan fingerprint density at radius 1 is 1.06 bits per heavy atom. The highest BCUT2D eigenvalue weighted by molar-refractivity contribution is 6.30. The summed E-state index contributed by atoms with van der Waals surface area (Å²) in [6, 6.07) is 14.4. The molecule has 0 radical (unpaired) electrons. The Bertz CT molecular complexity index is 1490. The quantitative estimate of drug-likeness (QED) is 0.438. The third-order valence-electron chi connectivity index (χ3n) is 5.33. The Labute approximate surface area is 198 Å². The van der Waals surface area contributed by atoms with E-state index in [0.29, 0.717) is 16.3 Å². The number of hydrogen-bond donors (Lipinski definition) is 2. The Kier molecular flexibility index (Phi) is 6.38. The van der Waals surface area contributed by atoms with E-state index in [1.54, 1.807) is 18.2 Å². The average molecular weight is 481 g/mol. The number of rotatable bonds is 6. The van der Waals surface area contributed by atoms with E-state index in [9.17, 15) is 14.4 Å². The molecule has 0 saturated carbocycles. The topological polar surface area (TPSA) is 115 Å². The fraction of sp³-hybridized carbons (Fsp3) is 0.167. The minimum Gasteiger partial charge on any atom is -0.491 e. The van der Waals surface area contributed by atoms with Crippen molar-refractivity contribution >= 4 is 28.4 Å². The number of nitrogens with one attached hydrogen (secondary N) is 2. The average Bonchev–Trinajstić information content (AvgIpc) is 2.83. The maximum Gasteiger partial charge on any atom is 0.334 e. The molecule has 10 heteroatoms. The molecule has 2 aromatic heterocycles. The number of ether oxygens (including phenoxy) is 2. The van der Waals surface area contributed by atoms with Crippen molar-refractivity contribution in [1.82, 2.24) is 19.9 Å². The van der Waals surface area contributed by atoms with Gasteiger partial charge in [-0.25, -0.2) is 9.36 Å². The molecule has 174 valence electrons. The fourth-order valence-electron chi connectivity index (χ4n) is 3.53. The van der Waals surface area contributed by atoms with E-state index in [1.807, 2.05) is 19.1 Å². The van der Waals surface area contributed by atoms with E-state index in [4.69, 9.17) is 21.1 Å². The van der Waals surface area contributed by atoms with Gasteiger partial charge in [0.15, 0.2) is 5.75 Å². The van der Waals surface area contributed by atoms with E-state index in [0.717, 1.165) is 10.1 Å². The summed E-state index contributed by atoms with van der Waals surface area (Å²) in [6.45, 7) is 1.85. The highest BCUT2D eigenvalue weighted by Crippen LogP contribution is 2.24. The second-order valence-electron chi connectivity index (χ2n) is 7.46. The largest absolute Gasteiger partial charge is 0.491 e. The Morgan fingerprint density at radius 3 is 2.47 bits per heavy atom. The lowest BCUT2D eigenvalue weighted by molar-refractivity contribution is 0.0940. The zero-order valence-electron chi connectivity index (χ0n) is 18.6. The number of nitrogens with zero attached hydrogens (tertiary/aromatic N) is 2. The molecule has 0 saturated heterocycles. The fourth-order valence-corrected chi connectivity index (χ4v) is 3.65. The third-order valence-corrected chi connectivity index (χ3v) is 5.58. The second-order valence-corrected chi connectivity index (χ2v) is 7.90. The first kappa shape index (κ1) is 23.1. The van der Waals surface area contributed by atoms with Crippen molar-refractivity contribution in [3.8, 4) is 17.4 Å². The van der Waals surface area contributed by atoms with Gasteiger partial charge in [0.25, 0.3) is 17.3 Å². The number of fused-ring (bicyclic) bond motifs is 1. The summed E-state index contributed by atoms with van der Waals surface area (Å²) >= 11 is 5.92. The first-order chi connectivity index (χ1) is 16.3. The number of pyridine rings is 1. The zero-order valence-corrected chi connectivity index (χ0v) is 19.3. The molecule has 2 N–H and O–H groups in total. The number of aromatic amines is 1. The molecule has 0 aliphatic heterocycles. The minimum atomic E-state index is -0.704. The van der Waals surface area contributed by atoms with Crippen LogP contribution in [0, 0.1) is 0 Å². The van der Waals surface area contributed by atoms with Crippen LogP contribution in [-0.4, -0.2) is 34.7 Å². The van der Waals surface area contributed by atoms with Crippen LogP contribution in [0.15, 0.2) is 64.2 Å². The molecule has 0 aliphatic carbocycles. The van der Waals surface area contributed by atoms with Crippen molar-refractivity contribution in [3.05, 3.63) is 91.6 Å². The van der Waals surface area contributed by atoms with Crippen molar-refractivity contribution in [3.63, 3.8) is 0 Å². The molecular weight excluding hydrogens is 460 g/mol. The van der Waals surface area contributed by atoms with Gasteiger partial charge in [0.1, 0.15) is 5.82 Å². The molecule has 0 unspecified atom stereocenters. The molecule has 34 heavy (non-hydrogen) atoms. The van der Waals surface area contributed by atoms with Crippen LogP contribution in [-0.2, 0) is 0 Å². The first-order valence-electron chi connectivity index (χ1n) is 10.3. The zero-order chi connectivity index (χ0) is 24.4. The van der Waals surface area contributed by atoms with Crippen molar-refractivity contribution < 1.29 is 14.3 Å². The van der Waals surface area contributed by atoms with Crippen LogP contribution < -0.4 is 26.0 Å². The Hall–Kier alpha value is -4.11. The summed E-state index contributed by atoms with van der Waals surface area (Å²) in [6.07, 6.45) is 0. The molecule has 0 aliphatic rings. The van der Waals surface area contributed by atoms with Gasteiger partial charge in [0.2, 0.25) is 0 Å². The normalized spacial score (nSPS) is 11.8. The van der Waals surface area contributed by atoms with Crippen LogP contribution in [0.3, 0.4) is 0 Å². The van der Waals surface area contributed by atoms with E-state index >= 15 is 0 Å². The molecule has 0 bridgehead atoms. The van der Waals surface area contributed by atoms with Gasteiger partial charge in [-0.15, -0.1) is 0 Å². The van der Waals surface area contributed by atoms with E-state index in [2.05, 4.69) is 15.3 Å². The van der Waals surface area contributed by atoms with Crippen molar-refractivity contribution in [2.24, 2.45) is 0 Å². The van der Waals surface area contributed by atoms with Gasteiger partial charge >= 0.3 is 5.69 Å². The second kappa shape index (κ2) is 9.40. The molecular formula is C24H21ClN4O5. The molecule has 4 rings (SSSR count). The van der Waals surface area contributed by atoms with Gasteiger partial charge in [-0.3, -0.25) is 9.59 Å². The number of carbonyl (C=O) groups excluding carboxylic acids is 1.